The molecule has 18 heavy (non-hydrogen) atoms. The number of nitrogens with zero attached hydrogens (tertiary/aromatic N) is 1. The lowest BCUT2D eigenvalue weighted by atomic mass is 10.0. The summed E-state index contributed by atoms with van der Waals surface area (Å²) in [5.41, 5.74) is 5.42. The molecule has 0 fully saturated rings. The Morgan fingerprint density at radius 2 is 2.17 bits per heavy atom. The first-order valence-electron chi connectivity index (χ1n) is 6.56. The van der Waals surface area contributed by atoms with Gasteiger partial charge in [-0.1, -0.05) is 0 Å². The van der Waals surface area contributed by atoms with Crippen molar-refractivity contribution in [2.45, 2.75) is 33.1 Å². The van der Waals surface area contributed by atoms with E-state index < -0.39 is 0 Å². The number of rotatable bonds is 2. The molecule has 2 aromatic rings. The van der Waals surface area contributed by atoms with Crippen LogP contribution in [0.5, 0.6) is 0 Å². The lowest BCUT2D eigenvalue weighted by Crippen LogP contribution is -2.04. The fourth-order valence-corrected chi connectivity index (χ4v) is 2.87. The molecule has 0 spiro atoms. The van der Waals surface area contributed by atoms with Crippen LogP contribution in [-0.4, -0.2) is 11.5 Å². The van der Waals surface area contributed by atoms with E-state index in [4.69, 9.17) is 4.98 Å². The normalized spacial score (nSPS) is 13.9. The average Bonchev–Trinajstić information content (AvgIpc) is 2.78. The highest BCUT2D eigenvalue weighted by Crippen LogP contribution is 2.35. The van der Waals surface area contributed by atoms with E-state index in [2.05, 4.69) is 12.2 Å². The van der Waals surface area contributed by atoms with Crippen LogP contribution >= 0.6 is 0 Å². The zero-order chi connectivity index (χ0) is 12.7. The molecule has 1 aromatic heterocycles. The van der Waals surface area contributed by atoms with E-state index >= 15 is 0 Å². The lowest BCUT2D eigenvalue weighted by molar-refractivity contribution is 0.628. The second-order valence-corrected chi connectivity index (χ2v) is 4.91. The van der Waals surface area contributed by atoms with Crippen molar-refractivity contribution in [3.05, 3.63) is 34.8 Å². The van der Waals surface area contributed by atoms with E-state index in [9.17, 15) is 4.39 Å². The number of hydrogen-bond acceptors (Lipinski definition) is 2. The van der Waals surface area contributed by atoms with Crippen LogP contribution in [0.4, 0.5) is 10.1 Å². The molecule has 2 nitrogen and oxygen atoms in total. The predicted molar refractivity (Wildman–Crippen MR) is 72.6 cm³/mol. The maximum atomic E-state index is 13.6. The van der Waals surface area contributed by atoms with Gasteiger partial charge < -0.3 is 5.32 Å². The van der Waals surface area contributed by atoms with Gasteiger partial charge in [0.05, 0.1) is 5.52 Å². The third-order valence-corrected chi connectivity index (χ3v) is 3.63. The molecule has 0 amide bonds. The summed E-state index contributed by atoms with van der Waals surface area (Å²) in [6, 6.07) is 3.17. The first kappa shape index (κ1) is 11.5. The van der Waals surface area contributed by atoms with Gasteiger partial charge in [-0.25, -0.2) is 4.39 Å². The zero-order valence-electron chi connectivity index (χ0n) is 10.8. The third kappa shape index (κ3) is 1.65. The highest BCUT2D eigenvalue weighted by atomic mass is 19.1. The number of anilines is 1. The van der Waals surface area contributed by atoms with Gasteiger partial charge >= 0.3 is 0 Å². The van der Waals surface area contributed by atoms with Gasteiger partial charge in [0.25, 0.3) is 0 Å². The van der Waals surface area contributed by atoms with Gasteiger partial charge in [0, 0.05) is 23.3 Å². The molecule has 1 heterocycles. The molecule has 3 heteroatoms. The minimum atomic E-state index is -0.182. The molecule has 0 saturated heterocycles. The average molecular weight is 244 g/mol. The maximum Gasteiger partial charge on any atom is 0.124 e. The first-order valence-corrected chi connectivity index (χ1v) is 6.56. The van der Waals surface area contributed by atoms with Crippen LogP contribution < -0.4 is 5.32 Å². The number of halogens is 1. The number of fused-ring (bicyclic) bond motifs is 2. The Balaban J connectivity index is 2.38. The van der Waals surface area contributed by atoms with Gasteiger partial charge in [-0.3, -0.25) is 4.98 Å². The van der Waals surface area contributed by atoms with E-state index in [0.717, 1.165) is 48.0 Å². The van der Waals surface area contributed by atoms with Crippen molar-refractivity contribution in [1.29, 1.82) is 0 Å². The summed E-state index contributed by atoms with van der Waals surface area (Å²) in [7, 11) is 0. The van der Waals surface area contributed by atoms with Crippen LogP contribution in [0.15, 0.2) is 12.1 Å². The Morgan fingerprint density at radius 3 is 2.94 bits per heavy atom. The van der Waals surface area contributed by atoms with Gasteiger partial charge in [0.2, 0.25) is 0 Å². The van der Waals surface area contributed by atoms with Crippen LogP contribution in [0, 0.1) is 12.7 Å². The van der Waals surface area contributed by atoms with Crippen molar-refractivity contribution in [3.8, 4) is 0 Å². The number of hydrogen-bond donors (Lipinski definition) is 1. The molecule has 0 bridgehead atoms. The molecule has 1 N–H and O–H groups in total. The van der Waals surface area contributed by atoms with Crippen molar-refractivity contribution in [2.75, 3.05) is 11.9 Å². The number of aromatic nitrogens is 1. The summed E-state index contributed by atoms with van der Waals surface area (Å²) >= 11 is 0. The predicted octanol–water partition coefficient (Wildman–Crippen LogP) is 3.60. The Labute approximate surface area is 106 Å². The maximum absolute atomic E-state index is 13.6. The molecule has 0 aliphatic heterocycles. The summed E-state index contributed by atoms with van der Waals surface area (Å²) in [4.78, 5) is 4.73. The van der Waals surface area contributed by atoms with Crippen molar-refractivity contribution < 1.29 is 4.39 Å². The molecule has 94 valence electrons. The van der Waals surface area contributed by atoms with Crippen molar-refractivity contribution in [2.24, 2.45) is 0 Å². The quantitative estimate of drug-likeness (QED) is 0.873. The summed E-state index contributed by atoms with van der Waals surface area (Å²) in [5.74, 6) is -0.182. The fourth-order valence-electron chi connectivity index (χ4n) is 2.87. The fraction of sp³-hybridized carbons (Fsp3) is 0.400. The minimum absolute atomic E-state index is 0.182. The summed E-state index contributed by atoms with van der Waals surface area (Å²) in [6.07, 6.45) is 3.25. The van der Waals surface area contributed by atoms with E-state index in [1.165, 1.54) is 11.3 Å². The van der Waals surface area contributed by atoms with Gasteiger partial charge in [-0.15, -0.1) is 0 Å². The Hall–Kier alpha value is -1.64. The van der Waals surface area contributed by atoms with Crippen molar-refractivity contribution in [3.63, 3.8) is 0 Å². The van der Waals surface area contributed by atoms with Crippen LogP contribution in [0.2, 0.25) is 0 Å². The topological polar surface area (TPSA) is 24.9 Å². The standard InChI is InChI=1S/C15H17FN2/c1-3-17-15-11-5-4-6-13(11)18-14-9(2)7-10(16)8-12(14)15/h7-8H,3-6H2,1-2H3,(H,17,18). The van der Waals surface area contributed by atoms with Crippen molar-refractivity contribution >= 4 is 16.6 Å². The summed E-state index contributed by atoms with van der Waals surface area (Å²) in [5, 5.41) is 4.32. The van der Waals surface area contributed by atoms with Crippen LogP contribution in [0.25, 0.3) is 10.9 Å². The molecule has 0 saturated carbocycles. The number of aryl methyl sites for hydroxylation is 2. The SMILES string of the molecule is CCNc1c2c(nc3c(C)cc(F)cc13)CCC2. The van der Waals surface area contributed by atoms with Gasteiger partial charge in [0.15, 0.2) is 0 Å². The highest BCUT2D eigenvalue weighted by molar-refractivity contribution is 5.95. The first-order chi connectivity index (χ1) is 8.70. The van der Waals surface area contributed by atoms with Crippen LogP contribution in [0.3, 0.4) is 0 Å². The number of benzene rings is 1. The van der Waals surface area contributed by atoms with Crippen LogP contribution in [0.1, 0.15) is 30.2 Å². The highest BCUT2D eigenvalue weighted by Gasteiger charge is 2.20. The smallest absolute Gasteiger partial charge is 0.124 e. The van der Waals surface area contributed by atoms with E-state index in [1.54, 1.807) is 12.1 Å². The molecule has 0 unspecified atom stereocenters. The van der Waals surface area contributed by atoms with E-state index in [1.807, 2.05) is 6.92 Å². The largest absolute Gasteiger partial charge is 0.384 e. The third-order valence-electron chi connectivity index (χ3n) is 3.63. The molecule has 1 aliphatic carbocycles. The zero-order valence-corrected chi connectivity index (χ0v) is 10.8. The molecule has 0 atom stereocenters. The minimum Gasteiger partial charge on any atom is -0.384 e. The summed E-state index contributed by atoms with van der Waals surface area (Å²) < 4.78 is 13.6. The Bertz CT molecular complexity index is 620. The van der Waals surface area contributed by atoms with E-state index in [-0.39, 0.29) is 5.82 Å². The van der Waals surface area contributed by atoms with Gasteiger partial charge in [0.1, 0.15) is 5.82 Å². The second kappa shape index (κ2) is 4.23. The van der Waals surface area contributed by atoms with Gasteiger partial charge in [-0.05, 0) is 56.4 Å². The number of pyridine rings is 1. The molecular formula is C15H17FN2. The molecule has 1 aliphatic rings. The monoisotopic (exact) mass is 244 g/mol. The van der Waals surface area contributed by atoms with Crippen LogP contribution in [-0.2, 0) is 12.8 Å². The molecule has 3 rings (SSSR count). The Kier molecular flexibility index (Phi) is 2.69. The summed E-state index contributed by atoms with van der Waals surface area (Å²) in [6.45, 7) is 4.84. The second-order valence-electron chi connectivity index (χ2n) is 4.91. The molecule has 1 aromatic carbocycles. The molecular weight excluding hydrogens is 227 g/mol. The van der Waals surface area contributed by atoms with Crippen molar-refractivity contribution in [1.82, 2.24) is 4.98 Å². The van der Waals surface area contributed by atoms with E-state index in [0.29, 0.717) is 0 Å². The molecule has 0 radical (unpaired) electrons. The number of nitrogens with one attached hydrogen (secondary N) is 1. The lowest BCUT2D eigenvalue weighted by Gasteiger charge is -2.14. The Morgan fingerprint density at radius 1 is 1.33 bits per heavy atom. The van der Waals surface area contributed by atoms with Gasteiger partial charge in [-0.2, -0.15) is 0 Å².